The Bertz CT molecular complexity index is 271. The van der Waals surface area contributed by atoms with Crippen molar-refractivity contribution in [3.63, 3.8) is 0 Å². The monoisotopic (exact) mass is 204 g/mol. The van der Waals surface area contributed by atoms with Gasteiger partial charge in [0, 0.05) is 24.4 Å². The van der Waals surface area contributed by atoms with Crippen LogP contribution in [0.15, 0.2) is 24.4 Å². The molecule has 0 radical (unpaired) electrons. The van der Waals surface area contributed by atoms with Crippen LogP contribution in [0.25, 0.3) is 0 Å². The third-order valence-corrected chi connectivity index (χ3v) is 1.87. The van der Waals surface area contributed by atoms with Crippen molar-refractivity contribution in [2.24, 2.45) is 5.73 Å². The number of nitrogens with zero attached hydrogens (tertiary/aromatic N) is 1. The molecule has 14 heavy (non-hydrogen) atoms. The van der Waals surface area contributed by atoms with E-state index < -0.39 is 18.5 Å². The summed E-state index contributed by atoms with van der Waals surface area (Å²) in [6, 6.07) is 4.87. The summed E-state index contributed by atoms with van der Waals surface area (Å²) >= 11 is 0. The van der Waals surface area contributed by atoms with Gasteiger partial charge in [-0.3, -0.25) is 4.98 Å². The fourth-order valence-corrected chi connectivity index (χ4v) is 1.21. The van der Waals surface area contributed by atoms with Crippen molar-refractivity contribution in [2.45, 2.75) is 18.5 Å². The first kappa shape index (κ1) is 11.0. The van der Waals surface area contributed by atoms with E-state index in [-0.39, 0.29) is 6.54 Å². The third-order valence-electron chi connectivity index (χ3n) is 1.87. The van der Waals surface area contributed by atoms with Gasteiger partial charge in [-0.25, -0.2) is 0 Å². The highest BCUT2D eigenvalue weighted by atomic mass is 19.4. The van der Waals surface area contributed by atoms with Crippen molar-refractivity contribution in [1.82, 2.24) is 4.98 Å². The Balaban J connectivity index is 2.73. The van der Waals surface area contributed by atoms with Crippen molar-refractivity contribution in [2.75, 3.05) is 6.54 Å². The summed E-state index contributed by atoms with van der Waals surface area (Å²) in [6.45, 7) is -0.0451. The fourth-order valence-electron chi connectivity index (χ4n) is 1.21. The first-order valence-corrected chi connectivity index (χ1v) is 4.20. The van der Waals surface area contributed by atoms with Gasteiger partial charge in [-0.05, 0) is 12.1 Å². The largest absolute Gasteiger partial charge is 0.389 e. The Labute approximate surface area is 79.9 Å². The molecule has 2 nitrogen and oxygen atoms in total. The van der Waals surface area contributed by atoms with Gasteiger partial charge in [0.1, 0.15) is 0 Å². The van der Waals surface area contributed by atoms with Gasteiger partial charge in [0.05, 0.1) is 6.42 Å². The second-order valence-corrected chi connectivity index (χ2v) is 3.01. The molecular weight excluding hydrogens is 193 g/mol. The van der Waals surface area contributed by atoms with Crippen LogP contribution in [0.5, 0.6) is 0 Å². The molecule has 0 saturated carbocycles. The number of hydrogen-bond donors (Lipinski definition) is 1. The molecule has 1 aromatic rings. The summed E-state index contributed by atoms with van der Waals surface area (Å²) < 4.78 is 36.3. The van der Waals surface area contributed by atoms with Crippen LogP contribution in [-0.2, 0) is 0 Å². The van der Waals surface area contributed by atoms with Crippen molar-refractivity contribution in [3.8, 4) is 0 Å². The number of halogens is 3. The molecule has 0 spiro atoms. The predicted molar refractivity (Wildman–Crippen MR) is 46.7 cm³/mol. The molecule has 0 aliphatic carbocycles. The van der Waals surface area contributed by atoms with Crippen LogP contribution < -0.4 is 5.73 Å². The molecule has 1 unspecified atom stereocenters. The number of rotatable bonds is 3. The van der Waals surface area contributed by atoms with E-state index in [1.54, 1.807) is 18.2 Å². The van der Waals surface area contributed by atoms with Crippen LogP contribution in [0.1, 0.15) is 18.0 Å². The standard InChI is InChI=1S/C9H11F3N2/c10-9(11,12)5-7(6-13)8-3-1-2-4-14-8/h1-4,7H,5-6,13H2. The smallest absolute Gasteiger partial charge is 0.330 e. The maximum absolute atomic E-state index is 12.1. The molecule has 1 aromatic heterocycles. The molecule has 0 aromatic carbocycles. The van der Waals surface area contributed by atoms with E-state index in [1.807, 2.05) is 0 Å². The van der Waals surface area contributed by atoms with Crippen LogP contribution in [0, 0.1) is 0 Å². The van der Waals surface area contributed by atoms with E-state index in [1.165, 1.54) is 6.20 Å². The van der Waals surface area contributed by atoms with E-state index in [0.29, 0.717) is 5.69 Å². The summed E-state index contributed by atoms with van der Waals surface area (Å²) in [5, 5.41) is 0. The number of aromatic nitrogens is 1. The summed E-state index contributed by atoms with van der Waals surface area (Å²) in [5.74, 6) is -0.740. The maximum Gasteiger partial charge on any atom is 0.389 e. The van der Waals surface area contributed by atoms with E-state index in [4.69, 9.17) is 5.73 Å². The van der Waals surface area contributed by atoms with Crippen LogP contribution in [0.2, 0.25) is 0 Å². The van der Waals surface area contributed by atoms with Crippen molar-refractivity contribution in [3.05, 3.63) is 30.1 Å². The molecule has 0 amide bonds. The van der Waals surface area contributed by atoms with Crippen molar-refractivity contribution < 1.29 is 13.2 Å². The summed E-state index contributed by atoms with van der Waals surface area (Å²) in [7, 11) is 0. The van der Waals surface area contributed by atoms with Gasteiger partial charge in [0.15, 0.2) is 0 Å². The topological polar surface area (TPSA) is 38.9 Å². The molecule has 78 valence electrons. The average molecular weight is 204 g/mol. The normalized spacial score (nSPS) is 14.0. The Morgan fingerprint density at radius 3 is 2.50 bits per heavy atom. The van der Waals surface area contributed by atoms with Gasteiger partial charge in [-0.15, -0.1) is 0 Å². The van der Waals surface area contributed by atoms with Crippen molar-refractivity contribution in [1.29, 1.82) is 0 Å². The lowest BCUT2D eigenvalue weighted by Gasteiger charge is -2.15. The molecule has 0 fully saturated rings. The SMILES string of the molecule is NCC(CC(F)(F)F)c1ccccn1. The molecule has 1 atom stereocenters. The summed E-state index contributed by atoms with van der Waals surface area (Å²) in [4.78, 5) is 3.85. The van der Waals surface area contributed by atoms with Crippen molar-refractivity contribution >= 4 is 0 Å². The van der Waals surface area contributed by atoms with Crippen LogP contribution in [-0.4, -0.2) is 17.7 Å². The second kappa shape index (κ2) is 4.41. The molecule has 0 aliphatic heterocycles. The third kappa shape index (κ3) is 3.33. The Kier molecular flexibility index (Phi) is 3.46. The van der Waals surface area contributed by atoms with Gasteiger partial charge in [-0.1, -0.05) is 6.07 Å². The zero-order valence-electron chi connectivity index (χ0n) is 7.46. The molecule has 5 heteroatoms. The minimum absolute atomic E-state index is 0.0451. The number of pyridine rings is 1. The lowest BCUT2D eigenvalue weighted by atomic mass is 10.0. The Morgan fingerprint density at radius 1 is 1.36 bits per heavy atom. The zero-order valence-corrected chi connectivity index (χ0v) is 7.46. The molecule has 0 saturated heterocycles. The van der Waals surface area contributed by atoms with Crippen LogP contribution in [0.3, 0.4) is 0 Å². The lowest BCUT2D eigenvalue weighted by Crippen LogP contribution is -2.21. The van der Waals surface area contributed by atoms with Gasteiger partial charge < -0.3 is 5.73 Å². The quantitative estimate of drug-likeness (QED) is 0.818. The highest BCUT2D eigenvalue weighted by Crippen LogP contribution is 2.29. The van der Waals surface area contributed by atoms with E-state index >= 15 is 0 Å². The first-order valence-electron chi connectivity index (χ1n) is 4.20. The number of alkyl halides is 3. The zero-order chi connectivity index (χ0) is 10.6. The van der Waals surface area contributed by atoms with Gasteiger partial charge >= 0.3 is 6.18 Å². The highest BCUT2D eigenvalue weighted by molar-refractivity contribution is 5.10. The van der Waals surface area contributed by atoms with E-state index in [0.717, 1.165) is 0 Å². The van der Waals surface area contributed by atoms with Gasteiger partial charge in [0.2, 0.25) is 0 Å². The predicted octanol–water partition coefficient (Wildman–Crippen LogP) is 2.08. The summed E-state index contributed by atoms with van der Waals surface area (Å²) in [5.41, 5.74) is 5.67. The van der Waals surface area contributed by atoms with E-state index in [9.17, 15) is 13.2 Å². The number of nitrogens with two attached hydrogens (primary N) is 1. The molecule has 0 bridgehead atoms. The van der Waals surface area contributed by atoms with Crippen LogP contribution in [0.4, 0.5) is 13.2 Å². The summed E-state index contributed by atoms with van der Waals surface area (Å²) in [6.07, 6.45) is -3.64. The second-order valence-electron chi connectivity index (χ2n) is 3.01. The van der Waals surface area contributed by atoms with E-state index in [2.05, 4.69) is 4.98 Å². The first-order chi connectivity index (χ1) is 6.53. The molecule has 1 heterocycles. The Morgan fingerprint density at radius 2 is 2.07 bits per heavy atom. The molecule has 2 N–H and O–H groups in total. The number of hydrogen-bond acceptors (Lipinski definition) is 2. The minimum Gasteiger partial charge on any atom is -0.330 e. The average Bonchev–Trinajstić information content (AvgIpc) is 2.14. The van der Waals surface area contributed by atoms with Crippen LogP contribution >= 0.6 is 0 Å². The van der Waals surface area contributed by atoms with Gasteiger partial charge in [0.25, 0.3) is 0 Å². The highest BCUT2D eigenvalue weighted by Gasteiger charge is 2.32. The lowest BCUT2D eigenvalue weighted by molar-refractivity contribution is -0.138. The Hall–Kier alpha value is -1.10. The van der Waals surface area contributed by atoms with Gasteiger partial charge in [-0.2, -0.15) is 13.2 Å². The fraction of sp³-hybridized carbons (Fsp3) is 0.444. The molecule has 0 aliphatic rings. The maximum atomic E-state index is 12.1. The minimum atomic E-state index is -4.19. The molecule has 1 rings (SSSR count). The molecular formula is C9H11F3N2.